The quantitative estimate of drug-likeness (QED) is 0.887. The summed E-state index contributed by atoms with van der Waals surface area (Å²) in [6.45, 7) is 6.48. The van der Waals surface area contributed by atoms with Gasteiger partial charge in [0.2, 0.25) is 5.91 Å². The molecule has 3 heteroatoms. The predicted molar refractivity (Wildman–Crippen MR) is 81.8 cm³/mol. The molecule has 2 fully saturated rings. The molecule has 3 rings (SSSR count). The Morgan fingerprint density at radius 2 is 1.90 bits per heavy atom. The first-order valence-corrected chi connectivity index (χ1v) is 7.72. The summed E-state index contributed by atoms with van der Waals surface area (Å²) < 4.78 is 0. The van der Waals surface area contributed by atoms with Crippen molar-refractivity contribution in [2.24, 2.45) is 11.3 Å². The summed E-state index contributed by atoms with van der Waals surface area (Å²) in [6, 6.07) is 8.25. The highest BCUT2D eigenvalue weighted by atomic mass is 16.2. The molecule has 20 heavy (non-hydrogen) atoms. The van der Waals surface area contributed by atoms with E-state index in [1.54, 1.807) is 0 Å². The van der Waals surface area contributed by atoms with Crippen LogP contribution < -0.4 is 10.6 Å². The van der Waals surface area contributed by atoms with Crippen LogP contribution in [0.3, 0.4) is 0 Å². The molecule has 1 heterocycles. The molecule has 0 radical (unpaired) electrons. The number of hydrogen-bond acceptors (Lipinski definition) is 2. The SMILES string of the molecule is CC(C)c1ccc(NC(=O)C2CC23CCNCC3)cc1. The van der Waals surface area contributed by atoms with Crippen LogP contribution in [0.1, 0.15) is 44.6 Å². The largest absolute Gasteiger partial charge is 0.326 e. The fraction of sp³-hybridized carbons (Fsp3) is 0.588. The van der Waals surface area contributed by atoms with E-state index in [0.29, 0.717) is 11.3 Å². The maximum absolute atomic E-state index is 12.3. The zero-order chi connectivity index (χ0) is 14.2. The first-order valence-electron chi connectivity index (χ1n) is 7.72. The summed E-state index contributed by atoms with van der Waals surface area (Å²) in [4.78, 5) is 12.3. The molecule has 1 saturated heterocycles. The number of benzene rings is 1. The number of carbonyl (C=O) groups is 1. The van der Waals surface area contributed by atoms with Crippen molar-refractivity contribution in [3.63, 3.8) is 0 Å². The number of rotatable bonds is 3. The van der Waals surface area contributed by atoms with Crippen molar-refractivity contribution >= 4 is 11.6 Å². The Morgan fingerprint density at radius 3 is 2.50 bits per heavy atom. The number of carbonyl (C=O) groups excluding carboxylic acids is 1. The van der Waals surface area contributed by atoms with Gasteiger partial charge in [-0.05, 0) is 61.4 Å². The lowest BCUT2D eigenvalue weighted by Crippen LogP contribution is -2.31. The van der Waals surface area contributed by atoms with Crippen molar-refractivity contribution in [1.29, 1.82) is 0 Å². The molecule has 1 aliphatic heterocycles. The number of hydrogen-bond donors (Lipinski definition) is 2. The van der Waals surface area contributed by atoms with Crippen LogP contribution in [0.15, 0.2) is 24.3 Å². The first kappa shape index (κ1) is 13.6. The van der Waals surface area contributed by atoms with E-state index in [0.717, 1.165) is 38.0 Å². The van der Waals surface area contributed by atoms with Gasteiger partial charge >= 0.3 is 0 Å². The molecule has 1 aliphatic carbocycles. The molecule has 1 atom stereocenters. The third kappa shape index (κ3) is 2.59. The normalized spacial score (nSPS) is 23.9. The van der Waals surface area contributed by atoms with Crippen molar-refractivity contribution in [2.75, 3.05) is 18.4 Å². The van der Waals surface area contributed by atoms with E-state index in [2.05, 4.69) is 36.6 Å². The van der Waals surface area contributed by atoms with E-state index in [4.69, 9.17) is 0 Å². The van der Waals surface area contributed by atoms with Crippen LogP contribution in [0.2, 0.25) is 0 Å². The van der Waals surface area contributed by atoms with E-state index >= 15 is 0 Å². The van der Waals surface area contributed by atoms with Gasteiger partial charge in [-0.2, -0.15) is 0 Å². The molecular weight excluding hydrogens is 248 g/mol. The standard InChI is InChI=1S/C17H24N2O/c1-12(2)13-3-5-14(6-4-13)19-16(20)15-11-17(15)7-9-18-10-8-17/h3-6,12,15,18H,7-11H2,1-2H3,(H,19,20). The molecule has 0 bridgehead atoms. The summed E-state index contributed by atoms with van der Waals surface area (Å²) in [6.07, 6.45) is 3.37. The van der Waals surface area contributed by atoms with Gasteiger partial charge in [0.25, 0.3) is 0 Å². The van der Waals surface area contributed by atoms with Crippen LogP contribution >= 0.6 is 0 Å². The van der Waals surface area contributed by atoms with Crippen molar-refractivity contribution in [1.82, 2.24) is 5.32 Å². The second kappa shape index (κ2) is 5.21. The van der Waals surface area contributed by atoms with Gasteiger partial charge in [-0.15, -0.1) is 0 Å². The fourth-order valence-corrected chi connectivity index (χ4v) is 3.38. The van der Waals surface area contributed by atoms with Crippen LogP contribution in [0.4, 0.5) is 5.69 Å². The smallest absolute Gasteiger partial charge is 0.228 e. The van der Waals surface area contributed by atoms with Crippen molar-refractivity contribution in [3.05, 3.63) is 29.8 Å². The fourth-order valence-electron chi connectivity index (χ4n) is 3.38. The topological polar surface area (TPSA) is 41.1 Å². The molecule has 2 N–H and O–H groups in total. The highest BCUT2D eigenvalue weighted by molar-refractivity contribution is 5.95. The Hall–Kier alpha value is -1.35. The summed E-state index contributed by atoms with van der Waals surface area (Å²) in [7, 11) is 0. The summed E-state index contributed by atoms with van der Waals surface area (Å²) >= 11 is 0. The van der Waals surface area contributed by atoms with E-state index in [1.807, 2.05) is 12.1 Å². The number of amides is 1. The molecule has 3 nitrogen and oxygen atoms in total. The lowest BCUT2D eigenvalue weighted by atomic mass is 9.92. The number of anilines is 1. The van der Waals surface area contributed by atoms with Crippen LogP contribution in [0.25, 0.3) is 0 Å². The molecule has 1 amide bonds. The van der Waals surface area contributed by atoms with Crippen LogP contribution in [0.5, 0.6) is 0 Å². The minimum atomic E-state index is 0.212. The maximum atomic E-state index is 12.3. The minimum Gasteiger partial charge on any atom is -0.326 e. The van der Waals surface area contributed by atoms with E-state index in [-0.39, 0.29) is 11.8 Å². The molecule has 1 spiro atoms. The second-order valence-electron chi connectivity index (χ2n) is 6.64. The molecular formula is C17H24N2O. The predicted octanol–water partition coefficient (Wildman–Crippen LogP) is 3.14. The molecule has 1 aromatic rings. The minimum absolute atomic E-state index is 0.212. The van der Waals surface area contributed by atoms with Gasteiger partial charge in [-0.1, -0.05) is 26.0 Å². The van der Waals surface area contributed by atoms with Gasteiger partial charge in [0.05, 0.1) is 0 Å². The third-order valence-corrected chi connectivity index (χ3v) is 4.95. The van der Waals surface area contributed by atoms with Crippen LogP contribution in [-0.4, -0.2) is 19.0 Å². The van der Waals surface area contributed by atoms with Gasteiger partial charge in [-0.25, -0.2) is 0 Å². The summed E-state index contributed by atoms with van der Waals surface area (Å²) in [5, 5.41) is 6.46. The third-order valence-electron chi connectivity index (χ3n) is 4.95. The number of nitrogens with one attached hydrogen (secondary N) is 2. The van der Waals surface area contributed by atoms with E-state index < -0.39 is 0 Å². The Balaban J connectivity index is 1.59. The Labute approximate surface area is 121 Å². The van der Waals surface area contributed by atoms with Crippen molar-refractivity contribution in [3.8, 4) is 0 Å². The van der Waals surface area contributed by atoms with E-state index in [1.165, 1.54) is 5.56 Å². The zero-order valence-electron chi connectivity index (χ0n) is 12.4. The zero-order valence-corrected chi connectivity index (χ0v) is 12.4. The van der Waals surface area contributed by atoms with Crippen LogP contribution in [0, 0.1) is 11.3 Å². The van der Waals surface area contributed by atoms with Gasteiger partial charge < -0.3 is 10.6 Å². The first-order chi connectivity index (χ1) is 9.61. The highest BCUT2D eigenvalue weighted by Crippen LogP contribution is 2.58. The molecule has 108 valence electrons. The second-order valence-corrected chi connectivity index (χ2v) is 6.64. The molecule has 1 unspecified atom stereocenters. The van der Waals surface area contributed by atoms with Crippen molar-refractivity contribution in [2.45, 2.75) is 39.0 Å². The maximum Gasteiger partial charge on any atom is 0.228 e. The average molecular weight is 272 g/mol. The van der Waals surface area contributed by atoms with Gasteiger partial charge in [0.15, 0.2) is 0 Å². The molecule has 0 aromatic heterocycles. The van der Waals surface area contributed by atoms with Gasteiger partial charge in [0, 0.05) is 11.6 Å². The lowest BCUT2D eigenvalue weighted by Gasteiger charge is -2.23. The van der Waals surface area contributed by atoms with Crippen molar-refractivity contribution < 1.29 is 4.79 Å². The Morgan fingerprint density at radius 1 is 1.25 bits per heavy atom. The van der Waals surface area contributed by atoms with Gasteiger partial charge in [0.1, 0.15) is 0 Å². The average Bonchev–Trinajstić information content (AvgIpc) is 3.14. The number of piperidine rings is 1. The Bertz CT molecular complexity index is 486. The Kier molecular flexibility index (Phi) is 3.55. The monoisotopic (exact) mass is 272 g/mol. The van der Waals surface area contributed by atoms with Gasteiger partial charge in [-0.3, -0.25) is 4.79 Å². The summed E-state index contributed by atoms with van der Waals surface area (Å²) in [5.41, 5.74) is 2.55. The highest BCUT2D eigenvalue weighted by Gasteiger charge is 2.57. The van der Waals surface area contributed by atoms with Crippen LogP contribution in [-0.2, 0) is 4.79 Å². The lowest BCUT2D eigenvalue weighted by molar-refractivity contribution is -0.118. The molecule has 1 saturated carbocycles. The molecule has 1 aromatic carbocycles. The van der Waals surface area contributed by atoms with E-state index in [9.17, 15) is 4.79 Å². The molecule has 2 aliphatic rings. The summed E-state index contributed by atoms with van der Waals surface area (Å²) in [5.74, 6) is 0.972.